The largest absolute Gasteiger partial charge is 0.474 e. The monoisotopic (exact) mass is 523 g/mol. The van der Waals surface area contributed by atoms with E-state index < -0.39 is 11.4 Å². The van der Waals surface area contributed by atoms with Crippen LogP contribution >= 0.6 is 0 Å². The summed E-state index contributed by atoms with van der Waals surface area (Å²) in [6.45, 7) is 8.74. The fourth-order valence-corrected chi connectivity index (χ4v) is 4.09. The Morgan fingerprint density at radius 1 is 1.18 bits per heavy atom. The van der Waals surface area contributed by atoms with Crippen LogP contribution in [0.5, 0.6) is 5.75 Å². The molecule has 2 aromatic heterocycles. The number of carbonyl (C=O) groups excluding carboxylic acids is 1. The van der Waals surface area contributed by atoms with E-state index in [0.29, 0.717) is 25.6 Å². The third-order valence-corrected chi connectivity index (χ3v) is 6.13. The van der Waals surface area contributed by atoms with Crippen LogP contribution in [0.1, 0.15) is 20.8 Å². The normalized spacial score (nSPS) is 18.3. The molecule has 0 aliphatic carbocycles. The molecule has 200 valence electrons. The fourth-order valence-electron chi connectivity index (χ4n) is 4.09. The van der Waals surface area contributed by atoms with E-state index in [0.717, 1.165) is 30.7 Å². The molecule has 2 aliphatic heterocycles. The Hall–Kier alpha value is -4.03. The molecule has 38 heavy (non-hydrogen) atoms. The number of pyridine rings is 1. The Kier molecular flexibility index (Phi) is 7.25. The maximum Gasteiger partial charge on any atom is 0.269 e. The summed E-state index contributed by atoms with van der Waals surface area (Å²) in [5.41, 5.74) is 0.815. The number of benzene rings is 1. The Morgan fingerprint density at radius 2 is 2.00 bits per heavy atom. The van der Waals surface area contributed by atoms with Gasteiger partial charge in [-0.05, 0) is 57.2 Å². The number of ether oxygens (including phenoxy) is 3. The summed E-state index contributed by atoms with van der Waals surface area (Å²) in [6.07, 6.45) is 1.12. The van der Waals surface area contributed by atoms with Crippen LogP contribution < -0.4 is 25.6 Å². The molecular formula is C26H30FN7O4. The van der Waals surface area contributed by atoms with Crippen molar-refractivity contribution in [3.8, 4) is 5.75 Å². The first kappa shape index (κ1) is 25.6. The Bertz CT molecular complexity index is 1310. The second-order valence-corrected chi connectivity index (χ2v) is 9.40. The molecule has 0 bridgehead atoms. The number of carbonyl (C=O) groups is 1. The lowest BCUT2D eigenvalue weighted by atomic mass is 10.1. The van der Waals surface area contributed by atoms with E-state index in [-0.39, 0.29) is 35.4 Å². The summed E-state index contributed by atoms with van der Waals surface area (Å²) < 4.78 is 31.5. The van der Waals surface area contributed by atoms with Gasteiger partial charge in [0.05, 0.1) is 25.5 Å². The standard InChI is InChI=1S/C26H30FN7O4/c1-4-36-15-18-14-34(11-12-37-18)17-7-5-16(6-8-17)29-25-28-13-19(27)22(33-25)30-21-10-9-20-23(31-21)32-24(35)26(2,3)38-20/h5-10,13,18H,4,11-12,14-15H2,1-3H3,(H3,28,29,30,31,32,33,35)/t18-/m1/s1. The molecule has 11 nitrogen and oxygen atoms in total. The van der Waals surface area contributed by atoms with Crippen molar-refractivity contribution in [3.63, 3.8) is 0 Å². The van der Waals surface area contributed by atoms with E-state index in [2.05, 4.69) is 35.8 Å². The highest BCUT2D eigenvalue weighted by Crippen LogP contribution is 2.33. The van der Waals surface area contributed by atoms with Crippen LogP contribution in [-0.2, 0) is 14.3 Å². The van der Waals surface area contributed by atoms with E-state index in [9.17, 15) is 9.18 Å². The summed E-state index contributed by atoms with van der Waals surface area (Å²) in [5, 5.41) is 8.65. The van der Waals surface area contributed by atoms with Crippen molar-refractivity contribution in [1.29, 1.82) is 0 Å². The Labute approximate surface area is 219 Å². The highest BCUT2D eigenvalue weighted by Gasteiger charge is 2.36. The van der Waals surface area contributed by atoms with Gasteiger partial charge >= 0.3 is 0 Å². The van der Waals surface area contributed by atoms with Crippen LogP contribution in [0.4, 0.5) is 39.2 Å². The molecule has 3 aromatic rings. The highest BCUT2D eigenvalue weighted by molar-refractivity contribution is 5.99. The topological polar surface area (TPSA) is 123 Å². The Morgan fingerprint density at radius 3 is 2.79 bits per heavy atom. The van der Waals surface area contributed by atoms with E-state index >= 15 is 0 Å². The Balaban J connectivity index is 1.25. The zero-order chi connectivity index (χ0) is 26.7. The average Bonchev–Trinajstić information content (AvgIpc) is 2.91. The second kappa shape index (κ2) is 10.8. The lowest BCUT2D eigenvalue weighted by molar-refractivity contribution is -0.129. The van der Waals surface area contributed by atoms with Crippen molar-refractivity contribution in [2.45, 2.75) is 32.5 Å². The predicted molar refractivity (Wildman–Crippen MR) is 141 cm³/mol. The third-order valence-electron chi connectivity index (χ3n) is 6.13. The minimum atomic E-state index is -1.00. The number of hydrogen-bond acceptors (Lipinski definition) is 10. The van der Waals surface area contributed by atoms with E-state index in [1.54, 1.807) is 26.0 Å². The zero-order valence-corrected chi connectivity index (χ0v) is 21.5. The van der Waals surface area contributed by atoms with Crippen LogP contribution in [0.2, 0.25) is 0 Å². The van der Waals surface area contributed by atoms with Crippen molar-refractivity contribution in [2.24, 2.45) is 0 Å². The minimum absolute atomic E-state index is 0.0419. The molecule has 0 spiro atoms. The lowest BCUT2D eigenvalue weighted by Gasteiger charge is -2.34. The number of nitrogens with zero attached hydrogens (tertiary/aromatic N) is 4. The molecule has 1 aromatic carbocycles. The highest BCUT2D eigenvalue weighted by atomic mass is 19.1. The molecule has 0 saturated carbocycles. The number of amides is 1. The molecule has 0 unspecified atom stereocenters. The molecule has 1 fully saturated rings. The van der Waals surface area contributed by atoms with Crippen molar-refractivity contribution in [2.75, 3.05) is 53.8 Å². The molecular weight excluding hydrogens is 493 g/mol. The molecule has 1 saturated heterocycles. The number of morpholine rings is 1. The molecule has 0 radical (unpaired) electrons. The molecule has 2 aliphatic rings. The molecule has 5 rings (SSSR count). The number of hydrogen-bond donors (Lipinski definition) is 3. The summed E-state index contributed by atoms with van der Waals surface area (Å²) in [5.74, 6) is 0.131. The zero-order valence-electron chi connectivity index (χ0n) is 21.5. The van der Waals surface area contributed by atoms with Crippen molar-refractivity contribution in [3.05, 3.63) is 48.4 Å². The number of nitrogens with one attached hydrogen (secondary N) is 3. The lowest BCUT2D eigenvalue weighted by Crippen LogP contribution is -2.46. The van der Waals surface area contributed by atoms with Gasteiger partial charge in [-0.15, -0.1) is 0 Å². The van der Waals surface area contributed by atoms with Crippen molar-refractivity contribution >= 4 is 40.7 Å². The first-order valence-electron chi connectivity index (χ1n) is 12.4. The predicted octanol–water partition coefficient (Wildman–Crippen LogP) is 3.85. The maximum absolute atomic E-state index is 14.5. The van der Waals surface area contributed by atoms with Gasteiger partial charge in [0.25, 0.3) is 5.91 Å². The SMILES string of the molecule is CCOC[C@H]1CN(c2ccc(Nc3ncc(F)c(Nc4ccc5c(n4)NC(=O)C(C)(C)O5)n3)cc2)CCO1. The molecule has 1 atom stereocenters. The van der Waals surface area contributed by atoms with Crippen LogP contribution in [0, 0.1) is 5.82 Å². The second-order valence-electron chi connectivity index (χ2n) is 9.40. The van der Waals surface area contributed by atoms with Crippen molar-refractivity contribution < 1.29 is 23.4 Å². The molecule has 3 N–H and O–H groups in total. The molecule has 12 heteroatoms. The average molecular weight is 524 g/mol. The summed E-state index contributed by atoms with van der Waals surface area (Å²) in [6, 6.07) is 11.1. The van der Waals surface area contributed by atoms with Crippen LogP contribution in [-0.4, -0.2) is 65.5 Å². The number of anilines is 6. The number of rotatable bonds is 8. The number of fused-ring (bicyclic) bond motifs is 1. The summed E-state index contributed by atoms with van der Waals surface area (Å²) >= 11 is 0. The smallest absolute Gasteiger partial charge is 0.269 e. The van der Waals surface area contributed by atoms with Gasteiger partial charge in [0, 0.05) is 31.1 Å². The number of aromatic nitrogens is 3. The van der Waals surface area contributed by atoms with Gasteiger partial charge in [0.15, 0.2) is 28.8 Å². The maximum atomic E-state index is 14.5. The quantitative estimate of drug-likeness (QED) is 0.401. The van der Waals surface area contributed by atoms with Crippen LogP contribution in [0.25, 0.3) is 0 Å². The first-order chi connectivity index (χ1) is 18.3. The van der Waals surface area contributed by atoms with Gasteiger partial charge in [-0.25, -0.2) is 14.4 Å². The minimum Gasteiger partial charge on any atom is -0.474 e. The number of halogens is 1. The fraction of sp³-hybridized carbons (Fsp3) is 0.385. The van der Waals surface area contributed by atoms with Gasteiger partial charge in [0.2, 0.25) is 5.95 Å². The van der Waals surface area contributed by atoms with Crippen LogP contribution in [0.15, 0.2) is 42.6 Å². The first-order valence-corrected chi connectivity index (χ1v) is 12.4. The third kappa shape index (κ3) is 5.76. The van der Waals surface area contributed by atoms with Gasteiger partial charge < -0.3 is 35.1 Å². The van der Waals surface area contributed by atoms with E-state index in [1.807, 2.05) is 31.2 Å². The van der Waals surface area contributed by atoms with Crippen molar-refractivity contribution in [1.82, 2.24) is 15.0 Å². The summed E-state index contributed by atoms with van der Waals surface area (Å²) in [7, 11) is 0. The van der Waals surface area contributed by atoms with Gasteiger partial charge in [-0.1, -0.05) is 0 Å². The van der Waals surface area contributed by atoms with Gasteiger partial charge in [-0.3, -0.25) is 4.79 Å². The summed E-state index contributed by atoms with van der Waals surface area (Å²) in [4.78, 5) is 27.1. The van der Waals surface area contributed by atoms with E-state index in [4.69, 9.17) is 14.2 Å². The molecule has 4 heterocycles. The van der Waals surface area contributed by atoms with Gasteiger partial charge in [0.1, 0.15) is 5.82 Å². The van der Waals surface area contributed by atoms with Crippen LogP contribution in [0.3, 0.4) is 0 Å². The molecule has 1 amide bonds. The van der Waals surface area contributed by atoms with E-state index in [1.165, 1.54) is 0 Å². The van der Waals surface area contributed by atoms with Gasteiger partial charge in [-0.2, -0.15) is 4.98 Å².